The Bertz CT molecular complexity index is 1170. The molecule has 1 aromatic heterocycles. The van der Waals surface area contributed by atoms with Gasteiger partial charge in [-0.25, -0.2) is 4.79 Å². The van der Waals surface area contributed by atoms with Gasteiger partial charge in [0.05, 0.1) is 30.0 Å². The zero-order valence-corrected chi connectivity index (χ0v) is 22.6. The Morgan fingerprint density at radius 2 is 1.89 bits per heavy atom. The molecule has 10 heteroatoms. The number of epoxide rings is 1. The number of hydrogen-bond acceptors (Lipinski definition) is 9. The van der Waals surface area contributed by atoms with Gasteiger partial charge in [0.2, 0.25) is 0 Å². The van der Waals surface area contributed by atoms with Gasteiger partial charge in [0.1, 0.15) is 23.6 Å². The van der Waals surface area contributed by atoms with Crippen molar-refractivity contribution in [3.05, 3.63) is 24.2 Å². The first-order valence-corrected chi connectivity index (χ1v) is 13.1. The van der Waals surface area contributed by atoms with E-state index in [-0.39, 0.29) is 12.2 Å². The molecule has 9 atom stereocenters. The lowest BCUT2D eigenvalue weighted by atomic mass is 9.37. The average molecular weight is 533 g/mol. The van der Waals surface area contributed by atoms with E-state index in [1.165, 1.54) is 19.5 Å². The minimum absolute atomic E-state index is 0.0935. The number of Topliss-reactive ketones (excluding diaryl/α,β-unsaturated/α-hetero) is 1. The van der Waals surface area contributed by atoms with E-state index in [4.69, 9.17) is 18.6 Å². The van der Waals surface area contributed by atoms with Crippen molar-refractivity contribution in [1.29, 1.82) is 0 Å². The summed E-state index contributed by atoms with van der Waals surface area (Å²) < 4.78 is 23.1. The van der Waals surface area contributed by atoms with Crippen LogP contribution in [0.15, 0.2) is 23.0 Å². The summed E-state index contributed by atoms with van der Waals surface area (Å²) in [5.41, 5.74) is -5.12. The van der Waals surface area contributed by atoms with Crippen LogP contribution in [0.2, 0.25) is 0 Å². The summed E-state index contributed by atoms with van der Waals surface area (Å²) in [6, 6.07) is 1.73. The van der Waals surface area contributed by atoms with E-state index in [2.05, 4.69) is 0 Å². The molecule has 1 spiro atoms. The molecule has 4 aliphatic rings. The van der Waals surface area contributed by atoms with Gasteiger partial charge in [-0.2, -0.15) is 0 Å². The number of fused-ring (bicyclic) bond motifs is 1. The number of carboxylic acid groups (broad SMARTS) is 1. The molecule has 2 aliphatic carbocycles. The van der Waals surface area contributed by atoms with Crippen LogP contribution in [0.3, 0.4) is 0 Å². The van der Waals surface area contributed by atoms with Gasteiger partial charge in [-0.1, -0.05) is 13.8 Å². The molecule has 1 aromatic rings. The third-order valence-corrected chi connectivity index (χ3v) is 10.4. The van der Waals surface area contributed by atoms with Crippen molar-refractivity contribution < 1.29 is 48.0 Å². The quantitative estimate of drug-likeness (QED) is 0.412. The Kier molecular flexibility index (Phi) is 5.76. The van der Waals surface area contributed by atoms with Gasteiger partial charge < -0.3 is 28.8 Å². The number of aliphatic hydroxyl groups is 1. The number of rotatable bonds is 6. The van der Waals surface area contributed by atoms with Crippen LogP contribution in [0.4, 0.5) is 0 Å². The van der Waals surface area contributed by atoms with Gasteiger partial charge >= 0.3 is 17.9 Å². The van der Waals surface area contributed by atoms with Crippen molar-refractivity contribution in [2.24, 2.45) is 28.1 Å². The van der Waals surface area contributed by atoms with E-state index in [1.54, 1.807) is 26.8 Å². The molecule has 4 fully saturated rings. The third kappa shape index (κ3) is 3.25. The van der Waals surface area contributed by atoms with Crippen LogP contribution in [-0.2, 0) is 33.4 Å². The molecule has 0 aromatic carbocycles. The zero-order valence-electron chi connectivity index (χ0n) is 22.6. The van der Waals surface area contributed by atoms with Crippen molar-refractivity contribution in [2.75, 3.05) is 0 Å². The number of carbonyl (C=O) groups is 4. The molecule has 3 heterocycles. The van der Waals surface area contributed by atoms with Crippen LogP contribution in [0.5, 0.6) is 0 Å². The van der Waals surface area contributed by atoms with Crippen LogP contribution < -0.4 is 0 Å². The predicted octanol–water partition coefficient (Wildman–Crippen LogP) is 3.21. The van der Waals surface area contributed by atoms with Gasteiger partial charge in [-0.05, 0) is 45.6 Å². The van der Waals surface area contributed by atoms with Crippen LogP contribution in [0, 0.1) is 28.1 Å². The van der Waals surface area contributed by atoms with E-state index in [9.17, 15) is 29.4 Å². The molecule has 10 nitrogen and oxygen atoms in total. The highest BCUT2D eigenvalue weighted by Gasteiger charge is 2.88. The fourth-order valence-electron chi connectivity index (χ4n) is 8.86. The summed E-state index contributed by atoms with van der Waals surface area (Å²) in [6.07, 6.45) is 0.567. The summed E-state index contributed by atoms with van der Waals surface area (Å²) in [5, 5.41) is 21.1. The first-order chi connectivity index (χ1) is 17.5. The molecule has 2 N–H and O–H groups in total. The molecule has 2 saturated heterocycles. The van der Waals surface area contributed by atoms with Crippen molar-refractivity contribution in [1.82, 2.24) is 0 Å². The van der Waals surface area contributed by atoms with Gasteiger partial charge in [-0.15, -0.1) is 0 Å². The molecular formula is C28H36O10. The average Bonchev–Trinajstić information content (AvgIpc) is 3.37. The molecule has 0 radical (unpaired) electrons. The molecule has 2 aliphatic heterocycles. The summed E-state index contributed by atoms with van der Waals surface area (Å²) >= 11 is 0. The highest BCUT2D eigenvalue weighted by atomic mass is 16.7. The normalized spacial score (nSPS) is 42.7. The van der Waals surface area contributed by atoms with Crippen LogP contribution >= 0.6 is 0 Å². The van der Waals surface area contributed by atoms with E-state index < -0.39 is 81.9 Å². The first-order valence-electron chi connectivity index (χ1n) is 13.1. The molecule has 208 valence electrons. The standard InChI is InChI=1S/C28H36O10/c1-14(29)36-19(12-20(31)32)26(5)16-7-9-25(4)21(15-8-10-35-13-15)37-23(33)22-28(25,38-22)27(16,6)18(30)11-17(26)24(2,3)34/h8,10,13,16-17,19,21-22,34H,7,9,11-12H2,1-6H3,(H,31,32)/t16-,17+,19?,21+,22-,25+,26-,27+,28-/m1/s1. The van der Waals surface area contributed by atoms with Gasteiger partial charge in [0.15, 0.2) is 6.10 Å². The summed E-state index contributed by atoms with van der Waals surface area (Å²) in [6.45, 7) is 9.97. The lowest BCUT2D eigenvalue weighted by molar-refractivity contribution is -0.240. The molecule has 1 unspecified atom stereocenters. The predicted molar refractivity (Wildman–Crippen MR) is 129 cm³/mol. The SMILES string of the molecule is CC(=O)OC(CC(=O)O)[C@]1(C)[C@H]2CC[C@@]3(C)[C@H](c4ccoc4)OC(=O)[C@H]4O[C@]43[C@]2(C)C(=O)C[C@H]1C(C)(C)O. The van der Waals surface area contributed by atoms with Crippen molar-refractivity contribution in [2.45, 2.75) is 96.7 Å². The maximum absolute atomic E-state index is 14.3. The fraction of sp³-hybridized carbons (Fsp3) is 0.714. The molecule has 2 saturated carbocycles. The zero-order chi connectivity index (χ0) is 28.1. The minimum atomic E-state index is -1.39. The van der Waals surface area contributed by atoms with Gasteiger partial charge in [-0.3, -0.25) is 14.4 Å². The Hall–Kier alpha value is -2.72. The molecule has 0 bridgehead atoms. The molecule has 5 rings (SSSR count). The maximum atomic E-state index is 14.3. The number of carboxylic acids is 1. The maximum Gasteiger partial charge on any atom is 0.339 e. The summed E-state index contributed by atoms with van der Waals surface area (Å²) in [7, 11) is 0. The number of hydrogen-bond donors (Lipinski definition) is 2. The number of cyclic esters (lactones) is 1. The van der Waals surface area contributed by atoms with Crippen LogP contribution in [-0.4, -0.2) is 57.3 Å². The Labute approximate surface area is 221 Å². The highest BCUT2D eigenvalue weighted by Crippen LogP contribution is 2.78. The molecule has 38 heavy (non-hydrogen) atoms. The smallest absolute Gasteiger partial charge is 0.339 e. The Morgan fingerprint density at radius 3 is 2.45 bits per heavy atom. The second-order valence-corrected chi connectivity index (χ2v) is 12.7. The highest BCUT2D eigenvalue weighted by molar-refractivity contribution is 5.93. The minimum Gasteiger partial charge on any atom is -0.481 e. The third-order valence-electron chi connectivity index (χ3n) is 10.4. The number of esters is 2. The summed E-state index contributed by atoms with van der Waals surface area (Å²) in [4.78, 5) is 51.7. The van der Waals surface area contributed by atoms with Crippen LogP contribution in [0.1, 0.15) is 78.9 Å². The molecular weight excluding hydrogens is 496 g/mol. The number of ether oxygens (including phenoxy) is 3. The number of aliphatic carboxylic acids is 1. The number of carbonyl (C=O) groups excluding carboxylic acids is 3. The monoisotopic (exact) mass is 532 g/mol. The fourth-order valence-corrected chi connectivity index (χ4v) is 8.86. The number of furan rings is 1. The Morgan fingerprint density at radius 1 is 1.21 bits per heavy atom. The lowest BCUT2D eigenvalue weighted by Gasteiger charge is -2.66. The number of ketones is 1. The van der Waals surface area contributed by atoms with Gasteiger partial charge in [0, 0.05) is 35.7 Å². The second kappa shape index (κ2) is 8.14. The van der Waals surface area contributed by atoms with E-state index in [0.29, 0.717) is 18.4 Å². The van der Waals surface area contributed by atoms with E-state index in [1.807, 2.05) is 13.8 Å². The van der Waals surface area contributed by atoms with Gasteiger partial charge in [0.25, 0.3) is 0 Å². The first kappa shape index (κ1) is 26.9. The topological polar surface area (TPSA) is 153 Å². The largest absolute Gasteiger partial charge is 0.481 e. The van der Waals surface area contributed by atoms with E-state index in [0.717, 1.165) is 0 Å². The lowest BCUT2D eigenvalue weighted by Crippen LogP contribution is -2.73. The van der Waals surface area contributed by atoms with E-state index >= 15 is 0 Å². The summed E-state index contributed by atoms with van der Waals surface area (Å²) in [5.74, 6) is -3.82. The molecule has 0 amide bonds. The van der Waals surface area contributed by atoms with Crippen molar-refractivity contribution in [3.63, 3.8) is 0 Å². The Balaban J connectivity index is 1.70. The van der Waals surface area contributed by atoms with Crippen molar-refractivity contribution >= 4 is 23.7 Å². The van der Waals surface area contributed by atoms with Crippen LogP contribution in [0.25, 0.3) is 0 Å². The second-order valence-electron chi connectivity index (χ2n) is 12.7. The van der Waals surface area contributed by atoms with Crippen molar-refractivity contribution in [3.8, 4) is 0 Å².